The summed E-state index contributed by atoms with van der Waals surface area (Å²) < 4.78 is 10.9. The average molecular weight is 335 g/mol. The highest BCUT2D eigenvalue weighted by Gasteiger charge is 2.19. The zero-order valence-electron chi connectivity index (χ0n) is 13.7. The number of carbonyl (C=O) groups is 1. The van der Waals surface area contributed by atoms with Crippen LogP contribution >= 0.6 is 11.8 Å². The first-order valence-corrected chi connectivity index (χ1v) is 8.30. The van der Waals surface area contributed by atoms with E-state index in [9.17, 15) is 4.79 Å². The summed E-state index contributed by atoms with van der Waals surface area (Å²) >= 11 is 1.24. The fraction of sp³-hybridized carbons (Fsp3) is 0.438. The van der Waals surface area contributed by atoms with Gasteiger partial charge in [0, 0.05) is 6.54 Å². The Morgan fingerprint density at radius 1 is 1.30 bits per heavy atom. The fourth-order valence-electron chi connectivity index (χ4n) is 1.84. The number of nitrogens with one attached hydrogen (secondary N) is 1. The van der Waals surface area contributed by atoms with E-state index >= 15 is 0 Å². The Hall–Kier alpha value is -2.02. The van der Waals surface area contributed by atoms with Crippen molar-refractivity contribution in [3.8, 4) is 17.2 Å². The molecule has 0 fully saturated rings. The number of hydrogen-bond acceptors (Lipinski definition) is 6. The molecule has 1 unspecified atom stereocenters. The molecule has 1 aromatic heterocycles. The van der Waals surface area contributed by atoms with Crippen LogP contribution in [0.25, 0.3) is 11.5 Å². The standard InChI is InChI=1S/C16H21N3O3S/c1-10(2)9-17-14(20)11(3)23-16-19-18-15(22-16)12-7-5-6-8-13(12)21-4/h5-8,10-11H,9H2,1-4H3,(H,17,20). The molecule has 0 aliphatic heterocycles. The molecule has 1 aromatic carbocycles. The summed E-state index contributed by atoms with van der Waals surface area (Å²) in [5.74, 6) is 1.41. The van der Waals surface area contributed by atoms with E-state index < -0.39 is 0 Å². The van der Waals surface area contributed by atoms with Gasteiger partial charge in [0.1, 0.15) is 5.75 Å². The Kier molecular flexibility index (Phi) is 6.04. The second-order valence-electron chi connectivity index (χ2n) is 5.47. The average Bonchev–Trinajstić information content (AvgIpc) is 3.00. The predicted molar refractivity (Wildman–Crippen MR) is 89.5 cm³/mol. The van der Waals surface area contributed by atoms with Gasteiger partial charge in [-0.05, 0) is 25.0 Å². The van der Waals surface area contributed by atoms with E-state index in [1.807, 2.05) is 31.2 Å². The topological polar surface area (TPSA) is 77.2 Å². The van der Waals surface area contributed by atoms with Crippen molar-refractivity contribution in [2.24, 2.45) is 5.92 Å². The van der Waals surface area contributed by atoms with Crippen LogP contribution in [-0.2, 0) is 4.79 Å². The second-order valence-corrected chi connectivity index (χ2v) is 6.76. The number of rotatable bonds is 7. The molecule has 124 valence electrons. The van der Waals surface area contributed by atoms with Crippen LogP contribution in [0.3, 0.4) is 0 Å². The molecule has 7 heteroatoms. The number of carbonyl (C=O) groups excluding carboxylic acids is 1. The molecule has 23 heavy (non-hydrogen) atoms. The molecule has 0 bridgehead atoms. The van der Waals surface area contributed by atoms with Gasteiger partial charge < -0.3 is 14.5 Å². The van der Waals surface area contributed by atoms with Crippen molar-refractivity contribution in [1.82, 2.24) is 15.5 Å². The number of ether oxygens (including phenoxy) is 1. The van der Waals surface area contributed by atoms with Crippen molar-refractivity contribution in [3.05, 3.63) is 24.3 Å². The third-order valence-electron chi connectivity index (χ3n) is 3.08. The van der Waals surface area contributed by atoms with Crippen LogP contribution in [0.15, 0.2) is 33.9 Å². The molecule has 1 atom stereocenters. The van der Waals surface area contributed by atoms with Gasteiger partial charge in [-0.15, -0.1) is 10.2 Å². The van der Waals surface area contributed by atoms with Gasteiger partial charge in [0.25, 0.3) is 11.1 Å². The molecule has 0 saturated heterocycles. The molecule has 0 aliphatic rings. The maximum absolute atomic E-state index is 12.0. The number of hydrogen-bond donors (Lipinski definition) is 1. The number of benzene rings is 1. The molecule has 6 nitrogen and oxygen atoms in total. The lowest BCUT2D eigenvalue weighted by Gasteiger charge is -2.11. The smallest absolute Gasteiger partial charge is 0.277 e. The summed E-state index contributed by atoms with van der Waals surface area (Å²) in [4.78, 5) is 12.0. The first-order valence-electron chi connectivity index (χ1n) is 7.42. The molecule has 1 N–H and O–H groups in total. The normalized spacial score (nSPS) is 12.2. The van der Waals surface area contributed by atoms with Gasteiger partial charge in [0.2, 0.25) is 5.91 Å². The fourth-order valence-corrected chi connectivity index (χ4v) is 2.55. The minimum atomic E-state index is -0.306. The molecular weight excluding hydrogens is 314 g/mol. The molecule has 0 saturated carbocycles. The lowest BCUT2D eigenvalue weighted by atomic mass is 10.2. The number of methoxy groups -OCH3 is 1. The molecular formula is C16H21N3O3S. The lowest BCUT2D eigenvalue weighted by Crippen LogP contribution is -2.33. The SMILES string of the molecule is COc1ccccc1-c1nnc(SC(C)C(=O)NCC(C)C)o1. The van der Waals surface area contributed by atoms with Gasteiger partial charge in [0.15, 0.2) is 0 Å². The first kappa shape index (κ1) is 17.3. The van der Waals surface area contributed by atoms with Crippen LogP contribution in [0.2, 0.25) is 0 Å². The van der Waals surface area contributed by atoms with Crippen molar-refractivity contribution in [2.45, 2.75) is 31.2 Å². The Labute approximate surface area is 140 Å². The van der Waals surface area contributed by atoms with Crippen molar-refractivity contribution in [2.75, 3.05) is 13.7 Å². The zero-order valence-corrected chi connectivity index (χ0v) is 14.5. The van der Waals surface area contributed by atoms with Crippen molar-refractivity contribution in [1.29, 1.82) is 0 Å². The van der Waals surface area contributed by atoms with E-state index in [1.165, 1.54) is 11.8 Å². The van der Waals surface area contributed by atoms with Gasteiger partial charge >= 0.3 is 0 Å². The van der Waals surface area contributed by atoms with E-state index in [0.29, 0.717) is 29.3 Å². The van der Waals surface area contributed by atoms with Crippen LogP contribution in [0.4, 0.5) is 0 Å². The number of nitrogens with zero attached hydrogens (tertiary/aromatic N) is 2. The minimum Gasteiger partial charge on any atom is -0.496 e. The molecule has 0 aliphatic carbocycles. The quantitative estimate of drug-likeness (QED) is 0.784. The summed E-state index contributed by atoms with van der Waals surface area (Å²) in [7, 11) is 1.59. The third kappa shape index (κ3) is 4.72. The number of aromatic nitrogens is 2. The van der Waals surface area contributed by atoms with Crippen molar-refractivity contribution < 1.29 is 13.9 Å². The number of thioether (sulfide) groups is 1. The van der Waals surface area contributed by atoms with Gasteiger partial charge in [0.05, 0.1) is 17.9 Å². The van der Waals surface area contributed by atoms with Crippen LogP contribution < -0.4 is 10.1 Å². The highest BCUT2D eigenvalue weighted by atomic mass is 32.2. The third-order valence-corrected chi connectivity index (χ3v) is 4.01. The van der Waals surface area contributed by atoms with E-state index in [-0.39, 0.29) is 11.2 Å². The Morgan fingerprint density at radius 2 is 2.04 bits per heavy atom. The maximum atomic E-state index is 12.0. The highest BCUT2D eigenvalue weighted by molar-refractivity contribution is 8.00. The number of para-hydroxylation sites is 1. The van der Waals surface area contributed by atoms with Crippen LogP contribution in [0, 0.1) is 5.92 Å². The van der Waals surface area contributed by atoms with Crippen LogP contribution in [0.5, 0.6) is 5.75 Å². The van der Waals surface area contributed by atoms with Gasteiger partial charge in [-0.25, -0.2) is 0 Å². The highest BCUT2D eigenvalue weighted by Crippen LogP contribution is 2.31. The largest absolute Gasteiger partial charge is 0.496 e. The van der Waals surface area contributed by atoms with Crippen LogP contribution in [-0.4, -0.2) is 35.0 Å². The van der Waals surface area contributed by atoms with E-state index in [4.69, 9.17) is 9.15 Å². The first-order chi connectivity index (χ1) is 11.0. The predicted octanol–water partition coefficient (Wildman–Crippen LogP) is 3.00. The molecule has 1 heterocycles. The zero-order chi connectivity index (χ0) is 16.8. The summed E-state index contributed by atoms with van der Waals surface area (Å²) in [6.07, 6.45) is 0. The summed E-state index contributed by atoms with van der Waals surface area (Å²) in [6.45, 7) is 6.57. The van der Waals surface area contributed by atoms with Gasteiger partial charge in [-0.3, -0.25) is 4.79 Å². The summed E-state index contributed by atoms with van der Waals surface area (Å²) in [6, 6.07) is 7.42. The maximum Gasteiger partial charge on any atom is 0.277 e. The van der Waals surface area contributed by atoms with E-state index in [2.05, 4.69) is 29.4 Å². The van der Waals surface area contributed by atoms with E-state index in [1.54, 1.807) is 7.11 Å². The van der Waals surface area contributed by atoms with E-state index in [0.717, 1.165) is 5.56 Å². The minimum absolute atomic E-state index is 0.0410. The molecule has 1 amide bonds. The van der Waals surface area contributed by atoms with Gasteiger partial charge in [-0.1, -0.05) is 37.7 Å². The molecule has 0 radical (unpaired) electrons. The van der Waals surface area contributed by atoms with Crippen molar-refractivity contribution >= 4 is 17.7 Å². The summed E-state index contributed by atoms with van der Waals surface area (Å²) in [5.41, 5.74) is 0.728. The van der Waals surface area contributed by atoms with Crippen molar-refractivity contribution in [3.63, 3.8) is 0 Å². The molecule has 2 rings (SSSR count). The number of amides is 1. The van der Waals surface area contributed by atoms with Crippen LogP contribution in [0.1, 0.15) is 20.8 Å². The summed E-state index contributed by atoms with van der Waals surface area (Å²) in [5, 5.41) is 11.0. The molecule has 2 aromatic rings. The Balaban J connectivity index is 2.03. The lowest BCUT2D eigenvalue weighted by molar-refractivity contribution is -0.120. The Bertz CT molecular complexity index is 658. The molecule has 0 spiro atoms. The monoisotopic (exact) mass is 335 g/mol. The Morgan fingerprint density at radius 3 is 2.74 bits per heavy atom. The van der Waals surface area contributed by atoms with Gasteiger partial charge in [-0.2, -0.15) is 0 Å². The second kappa shape index (κ2) is 8.01.